The van der Waals surface area contributed by atoms with Crippen LogP contribution in [0.25, 0.3) is 11.3 Å². The van der Waals surface area contributed by atoms with Crippen LogP contribution in [-0.4, -0.2) is 73.4 Å². The van der Waals surface area contributed by atoms with E-state index in [2.05, 4.69) is 15.3 Å². The van der Waals surface area contributed by atoms with E-state index in [0.717, 1.165) is 55.4 Å². The Morgan fingerprint density at radius 3 is 2.72 bits per heavy atom. The zero-order valence-electron chi connectivity index (χ0n) is 20.5. The third-order valence-corrected chi connectivity index (χ3v) is 6.12. The molecule has 0 spiro atoms. The van der Waals surface area contributed by atoms with Gasteiger partial charge in [-0.15, -0.1) is 0 Å². The Bertz CT molecular complexity index is 1200. The van der Waals surface area contributed by atoms with Gasteiger partial charge < -0.3 is 29.0 Å². The number of amides is 1. The topological polar surface area (TPSA) is 96.3 Å². The fourth-order valence-electron chi connectivity index (χ4n) is 4.27. The second-order valence-corrected chi connectivity index (χ2v) is 8.67. The average Bonchev–Trinajstić information content (AvgIpc) is 3.49. The van der Waals surface area contributed by atoms with E-state index in [-0.39, 0.29) is 19.3 Å². The number of ether oxygens (including phenoxy) is 5. The van der Waals surface area contributed by atoms with Crippen LogP contribution in [0.5, 0.6) is 23.0 Å². The van der Waals surface area contributed by atoms with Crippen LogP contribution >= 0.6 is 0 Å². The molecular formula is C26H30N4O6. The summed E-state index contributed by atoms with van der Waals surface area (Å²) in [5.41, 5.74) is 3.46. The van der Waals surface area contributed by atoms with E-state index in [0.29, 0.717) is 29.5 Å². The van der Waals surface area contributed by atoms with Crippen LogP contribution in [0, 0.1) is 6.92 Å². The van der Waals surface area contributed by atoms with Crippen molar-refractivity contribution in [2.24, 2.45) is 7.05 Å². The standard InChI is InChI=1S/C26H30N4O6/c1-18-15-27-29(2)26(18)21-13-19(3-5-22(21)33-12-9-30-7-10-32-11-8-30)28-25(31)16-34-20-4-6-23-24(14-20)36-17-35-23/h3-6,13-15H,7-12,16-17H2,1-2H3,(H,28,31). The molecule has 1 saturated heterocycles. The first-order chi connectivity index (χ1) is 17.6. The Kier molecular flexibility index (Phi) is 7.24. The molecule has 10 heteroatoms. The highest BCUT2D eigenvalue weighted by molar-refractivity contribution is 5.93. The number of aromatic nitrogens is 2. The predicted octanol–water partition coefficient (Wildman–Crippen LogP) is 2.85. The lowest BCUT2D eigenvalue weighted by Gasteiger charge is -2.26. The van der Waals surface area contributed by atoms with Crippen molar-refractivity contribution in [2.45, 2.75) is 6.92 Å². The maximum Gasteiger partial charge on any atom is 0.262 e. The molecule has 3 heterocycles. The van der Waals surface area contributed by atoms with Gasteiger partial charge in [0.2, 0.25) is 6.79 Å². The first-order valence-electron chi connectivity index (χ1n) is 11.9. The summed E-state index contributed by atoms with van der Waals surface area (Å²) in [5.74, 6) is 2.26. The number of morpholine rings is 1. The summed E-state index contributed by atoms with van der Waals surface area (Å²) in [6, 6.07) is 10.8. The fraction of sp³-hybridized carbons (Fsp3) is 0.385. The summed E-state index contributed by atoms with van der Waals surface area (Å²) in [6.45, 7) is 6.76. The van der Waals surface area contributed by atoms with Gasteiger partial charge >= 0.3 is 0 Å². The molecule has 5 rings (SSSR count). The SMILES string of the molecule is Cc1cnn(C)c1-c1cc(NC(=O)COc2ccc3c(c2)OCO3)ccc1OCCN1CCOCC1. The van der Waals surface area contributed by atoms with Gasteiger partial charge in [0.25, 0.3) is 5.91 Å². The molecule has 0 bridgehead atoms. The van der Waals surface area contributed by atoms with Gasteiger partial charge in [0.05, 0.1) is 25.1 Å². The number of hydrogen-bond acceptors (Lipinski definition) is 8. The minimum Gasteiger partial charge on any atom is -0.492 e. The number of rotatable bonds is 9. The largest absolute Gasteiger partial charge is 0.492 e. The number of nitrogens with one attached hydrogen (secondary N) is 1. The second-order valence-electron chi connectivity index (χ2n) is 8.67. The van der Waals surface area contributed by atoms with Crippen LogP contribution in [0.1, 0.15) is 5.56 Å². The van der Waals surface area contributed by atoms with E-state index in [1.54, 1.807) is 18.2 Å². The first-order valence-corrected chi connectivity index (χ1v) is 11.9. The summed E-state index contributed by atoms with van der Waals surface area (Å²) < 4.78 is 29.7. The molecule has 2 aliphatic heterocycles. The van der Waals surface area contributed by atoms with Crippen LogP contribution < -0.4 is 24.3 Å². The smallest absolute Gasteiger partial charge is 0.262 e. The number of carbonyl (C=O) groups excluding carboxylic acids is 1. The number of anilines is 1. The normalized spacial score (nSPS) is 15.1. The lowest BCUT2D eigenvalue weighted by Crippen LogP contribution is -2.38. The molecule has 1 amide bonds. The van der Waals surface area contributed by atoms with Gasteiger partial charge in [-0.1, -0.05) is 0 Å². The molecule has 10 nitrogen and oxygen atoms in total. The molecule has 0 atom stereocenters. The molecule has 0 saturated carbocycles. The molecule has 1 N–H and O–H groups in total. The Labute approximate surface area is 209 Å². The number of carbonyl (C=O) groups is 1. The van der Waals surface area contributed by atoms with Crippen LogP contribution in [0.4, 0.5) is 5.69 Å². The third-order valence-electron chi connectivity index (χ3n) is 6.12. The van der Waals surface area contributed by atoms with E-state index in [9.17, 15) is 4.79 Å². The van der Waals surface area contributed by atoms with Crippen molar-refractivity contribution in [3.05, 3.63) is 48.2 Å². The van der Waals surface area contributed by atoms with Gasteiger partial charge in [-0.25, -0.2) is 0 Å². The van der Waals surface area contributed by atoms with E-state index < -0.39 is 0 Å². The number of aryl methyl sites for hydroxylation is 2. The number of nitrogens with zero attached hydrogens (tertiary/aromatic N) is 3. The van der Waals surface area contributed by atoms with E-state index in [1.807, 2.05) is 43.0 Å². The van der Waals surface area contributed by atoms with E-state index in [1.165, 1.54) is 0 Å². The molecule has 0 radical (unpaired) electrons. The molecule has 3 aromatic rings. The van der Waals surface area contributed by atoms with Crippen LogP contribution in [0.2, 0.25) is 0 Å². The molecule has 36 heavy (non-hydrogen) atoms. The van der Waals surface area contributed by atoms with Crippen molar-refractivity contribution >= 4 is 11.6 Å². The van der Waals surface area contributed by atoms with Gasteiger partial charge in [0.15, 0.2) is 18.1 Å². The Morgan fingerprint density at radius 2 is 1.92 bits per heavy atom. The monoisotopic (exact) mass is 494 g/mol. The van der Waals surface area contributed by atoms with Gasteiger partial charge in [-0.05, 0) is 42.8 Å². The Hall–Kier alpha value is -3.76. The van der Waals surface area contributed by atoms with Crippen molar-refractivity contribution < 1.29 is 28.5 Å². The summed E-state index contributed by atoms with van der Waals surface area (Å²) in [7, 11) is 1.89. The summed E-state index contributed by atoms with van der Waals surface area (Å²) in [5, 5.41) is 7.29. The van der Waals surface area contributed by atoms with Gasteiger partial charge in [-0.2, -0.15) is 5.10 Å². The lowest BCUT2D eigenvalue weighted by molar-refractivity contribution is -0.118. The van der Waals surface area contributed by atoms with Crippen molar-refractivity contribution in [3.8, 4) is 34.3 Å². The Balaban J connectivity index is 1.25. The van der Waals surface area contributed by atoms with Gasteiger partial charge in [-0.3, -0.25) is 14.4 Å². The minimum atomic E-state index is -0.277. The fourth-order valence-corrected chi connectivity index (χ4v) is 4.27. The first kappa shape index (κ1) is 24.0. The van der Waals surface area contributed by atoms with Crippen LogP contribution in [0.15, 0.2) is 42.6 Å². The Morgan fingerprint density at radius 1 is 1.08 bits per heavy atom. The molecule has 190 valence electrons. The van der Waals surface area contributed by atoms with Crippen molar-refractivity contribution in [1.29, 1.82) is 0 Å². The van der Waals surface area contributed by atoms with Gasteiger partial charge in [0, 0.05) is 44.0 Å². The summed E-state index contributed by atoms with van der Waals surface area (Å²) >= 11 is 0. The van der Waals surface area contributed by atoms with E-state index >= 15 is 0 Å². The molecule has 2 aliphatic rings. The minimum absolute atomic E-state index is 0.141. The molecule has 1 fully saturated rings. The van der Waals surface area contributed by atoms with Gasteiger partial charge in [0.1, 0.15) is 18.1 Å². The molecule has 0 unspecified atom stereocenters. The maximum atomic E-state index is 12.6. The molecule has 2 aromatic carbocycles. The van der Waals surface area contributed by atoms with Crippen molar-refractivity contribution in [1.82, 2.24) is 14.7 Å². The lowest BCUT2D eigenvalue weighted by atomic mass is 10.1. The quantitative estimate of drug-likeness (QED) is 0.485. The number of hydrogen-bond donors (Lipinski definition) is 1. The third kappa shape index (κ3) is 5.55. The maximum absolute atomic E-state index is 12.6. The number of fused-ring (bicyclic) bond motifs is 1. The zero-order valence-corrected chi connectivity index (χ0v) is 20.5. The molecule has 0 aliphatic carbocycles. The van der Waals surface area contributed by atoms with Crippen molar-refractivity contribution in [2.75, 3.05) is 58.2 Å². The highest BCUT2D eigenvalue weighted by Gasteiger charge is 2.17. The molecule has 1 aromatic heterocycles. The summed E-state index contributed by atoms with van der Waals surface area (Å²) in [6.07, 6.45) is 1.82. The van der Waals surface area contributed by atoms with E-state index in [4.69, 9.17) is 23.7 Å². The highest BCUT2D eigenvalue weighted by Crippen LogP contribution is 2.36. The van der Waals surface area contributed by atoms with Crippen LogP contribution in [-0.2, 0) is 16.6 Å². The van der Waals surface area contributed by atoms with Crippen LogP contribution in [0.3, 0.4) is 0 Å². The number of benzene rings is 2. The summed E-state index contributed by atoms with van der Waals surface area (Å²) in [4.78, 5) is 15.0. The predicted molar refractivity (Wildman–Crippen MR) is 133 cm³/mol. The second kappa shape index (κ2) is 10.9. The highest BCUT2D eigenvalue weighted by atomic mass is 16.7. The average molecular weight is 495 g/mol. The van der Waals surface area contributed by atoms with Crippen molar-refractivity contribution in [3.63, 3.8) is 0 Å². The zero-order chi connectivity index (χ0) is 24.9. The molecular weight excluding hydrogens is 464 g/mol.